The van der Waals surface area contributed by atoms with E-state index in [1.807, 2.05) is 0 Å². The first kappa shape index (κ1) is 21.1. The second kappa shape index (κ2) is 9.64. The topological polar surface area (TPSA) is 83.1 Å². The molecule has 0 saturated carbocycles. The summed E-state index contributed by atoms with van der Waals surface area (Å²) in [6.45, 7) is 1.75. The van der Waals surface area contributed by atoms with Crippen LogP contribution in [0.4, 0.5) is 5.69 Å². The van der Waals surface area contributed by atoms with Crippen LogP contribution in [0.1, 0.15) is 29.3 Å². The van der Waals surface area contributed by atoms with E-state index in [0.29, 0.717) is 40.7 Å². The molecule has 1 N–H and O–H groups in total. The summed E-state index contributed by atoms with van der Waals surface area (Å²) in [5.41, 5.74) is 1.64. The lowest BCUT2D eigenvalue weighted by Gasteiger charge is -2.14. The van der Waals surface area contributed by atoms with Gasteiger partial charge in [0, 0.05) is 18.4 Å². The number of ketones is 1. The van der Waals surface area contributed by atoms with Crippen LogP contribution >= 0.6 is 0 Å². The third-order valence-electron chi connectivity index (χ3n) is 4.21. The van der Waals surface area contributed by atoms with Crippen molar-refractivity contribution in [2.75, 3.05) is 33.8 Å². The molecule has 0 bridgehead atoms. The van der Waals surface area contributed by atoms with Gasteiger partial charge >= 0.3 is 0 Å². The van der Waals surface area contributed by atoms with Gasteiger partial charge in [0.05, 0.1) is 34.1 Å². The summed E-state index contributed by atoms with van der Waals surface area (Å²) in [6.07, 6.45) is 0.455. The summed E-state index contributed by atoms with van der Waals surface area (Å²) in [4.78, 5) is 24.5. The molecule has 0 spiro atoms. The molecule has 0 unspecified atom stereocenters. The number of carbonyl (C=O) groups is 2. The van der Waals surface area contributed by atoms with Crippen molar-refractivity contribution in [3.05, 3.63) is 41.5 Å². The van der Waals surface area contributed by atoms with E-state index < -0.39 is 0 Å². The zero-order chi connectivity index (χ0) is 20.7. The average Bonchev–Trinajstić information content (AvgIpc) is 2.72. The van der Waals surface area contributed by atoms with Crippen molar-refractivity contribution < 1.29 is 28.5 Å². The van der Waals surface area contributed by atoms with Gasteiger partial charge in [-0.3, -0.25) is 9.59 Å². The molecule has 0 saturated heterocycles. The highest BCUT2D eigenvalue weighted by molar-refractivity contribution is 6.00. The summed E-state index contributed by atoms with van der Waals surface area (Å²) < 4.78 is 21.2. The maximum atomic E-state index is 12.8. The largest absolute Gasteiger partial charge is 0.495 e. The number of hydrogen-bond donors (Lipinski definition) is 1. The number of carbonyl (C=O) groups excluding carboxylic acids is 2. The highest BCUT2D eigenvalue weighted by Gasteiger charge is 2.17. The van der Waals surface area contributed by atoms with Crippen molar-refractivity contribution in [1.29, 1.82) is 0 Å². The highest BCUT2D eigenvalue weighted by Crippen LogP contribution is 2.38. The van der Waals surface area contributed by atoms with Gasteiger partial charge < -0.3 is 24.3 Å². The zero-order valence-corrected chi connectivity index (χ0v) is 16.8. The molecule has 1 amide bonds. The van der Waals surface area contributed by atoms with E-state index in [0.717, 1.165) is 5.56 Å². The lowest BCUT2D eigenvalue weighted by molar-refractivity contribution is -0.115. The van der Waals surface area contributed by atoms with Gasteiger partial charge in [-0.15, -0.1) is 0 Å². The number of anilines is 1. The van der Waals surface area contributed by atoms with Gasteiger partial charge in [0.15, 0.2) is 17.3 Å². The SMILES string of the molecule is CCC(=O)Nc1cc(C(=O)Cc2cc(OC)c(OC)c(OC)c2)ccc1OC. The molecule has 0 aromatic heterocycles. The second-order valence-electron chi connectivity index (χ2n) is 5.95. The first-order valence-corrected chi connectivity index (χ1v) is 8.77. The van der Waals surface area contributed by atoms with Gasteiger partial charge in [-0.1, -0.05) is 6.92 Å². The van der Waals surface area contributed by atoms with Crippen molar-refractivity contribution in [2.24, 2.45) is 0 Å². The summed E-state index contributed by atoms with van der Waals surface area (Å²) in [5.74, 6) is 1.64. The fraction of sp³-hybridized carbons (Fsp3) is 0.333. The Morgan fingerprint density at radius 1 is 0.857 bits per heavy atom. The Kier molecular flexibility index (Phi) is 7.26. The smallest absolute Gasteiger partial charge is 0.224 e. The molecule has 2 aromatic rings. The van der Waals surface area contributed by atoms with Crippen LogP contribution in [-0.2, 0) is 11.2 Å². The molecule has 2 rings (SSSR count). The molecule has 2 aromatic carbocycles. The molecule has 7 nitrogen and oxygen atoms in total. The Bertz CT molecular complexity index is 837. The normalized spacial score (nSPS) is 10.2. The number of methoxy groups -OCH3 is 4. The Hall–Kier alpha value is -3.22. The van der Waals surface area contributed by atoms with E-state index in [9.17, 15) is 9.59 Å². The number of benzene rings is 2. The summed E-state index contributed by atoms with van der Waals surface area (Å²) in [7, 11) is 6.08. The molecule has 0 aliphatic heterocycles. The molecular weight excluding hydrogens is 362 g/mol. The van der Waals surface area contributed by atoms with Crippen LogP contribution in [-0.4, -0.2) is 40.1 Å². The minimum atomic E-state index is -0.160. The van der Waals surface area contributed by atoms with Crippen LogP contribution in [0, 0.1) is 0 Å². The van der Waals surface area contributed by atoms with Crippen LogP contribution in [0.15, 0.2) is 30.3 Å². The lowest BCUT2D eigenvalue weighted by atomic mass is 10.0. The molecule has 0 atom stereocenters. The molecule has 150 valence electrons. The van der Waals surface area contributed by atoms with Gasteiger partial charge in [0.2, 0.25) is 11.7 Å². The van der Waals surface area contributed by atoms with Crippen molar-refractivity contribution in [3.63, 3.8) is 0 Å². The first-order valence-electron chi connectivity index (χ1n) is 8.77. The van der Waals surface area contributed by atoms with Gasteiger partial charge in [-0.05, 0) is 35.9 Å². The van der Waals surface area contributed by atoms with E-state index in [4.69, 9.17) is 18.9 Å². The average molecular weight is 387 g/mol. The molecule has 0 fully saturated rings. The molecule has 7 heteroatoms. The van der Waals surface area contributed by atoms with Gasteiger partial charge in [-0.2, -0.15) is 0 Å². The first-order chi connectivity index (χ1) is 13.5. The Morgan fingerprint density at radius 3 is 1.96 bits per heavy atom. The summed E-state index contributed by atoms with van der Waals surface area (Å²) >= 11 is 0. The number of hydrogen-bond acceptors (Lipinski definition) is 6. The third-order valence-corrected chi connectivity index (χ3v) is 4.21. The van der Waals surface area contributed by atoms with E-state index in [-0.39, 0.29) is 18.1 Å². The molecule has 0 aliphatic rings. The maximum absolute atomic E-state index is 12.8. The quantitative estimate of drug-likeness (QED) is 0.663. The number of nitrogens with one attached hydrogen (secondary N) is 1. The Labute approximate surface area is 164 Å². The molecular formula is C21H25NO6. The summed E-state index contributed by atoms with van der Waals surface area (Å²) in [5, 5.41) is 2.75. The van der Waals surface area contributed by atoms with E-state index >= 15 is 0 Å². The van der Waals surface area contributed by atoms with Crippen LogP contribution in [0.5, 0.6) is 23.0 Å². The number of rotatable bonds is 9. The third kappa shape index (κ3) is 4.73. The maximum Gasteiger partial charge on any atom is 0.224 e. The van der Waals surface area contributed by atoms with Crippen LogP contribution in [0.25, 0.3) is 0 Å². The molecule has 0 radical (unpaired) electrons. The van der Waals surface area contributed by atoms with E-state index in [1.54, 1.807) is 37.3 Å². The second-order valence-corrected chi connectivity index (χ2v) is 5.95. The standard InChI is InChI=1S/C21H25NO6/c1-6-20(24)22-15-12-14(7-8-17(15)25-2)16(23)9-13-10-18(26-3)21(28-5)19(11-13)27-4/h7-8,10-12H,6,9H2,1-5H3,(H,22,24). The van der Waals surface area contributed by atoms with Gasteiger partial charge in [-0.25, -0.2) is 0 Å². The molecule has 28 heavy (non-hydrogen) atoms. The highest BCUT2D eigenvalue weighted by atomic mass is 16.5. The molecule has 0 aliphatic carbocycles. The predicted octanol–water partition coefficient (Wildman–Crippen LogP) is 3.49. The number of amides is 1. The van der Waals surface area contributed by atoms with E-state index in [1.165, 1.54) is 28.4 Å². The van der Waals surface area contributed by atoms with E-state index in [2.05, 4.69) is 5.32 Å². The Morgan fingerprint density at radius 2 is 1.46 bits per heavy atom. The van der Waals surface area contributed by atoms with Gasteiger partial charge in [0.1, 0.15) is 5.75 Å². The van der Waals surface area contributed by atoms with Crippen LogP contribution < -0.4 is 24.3 Å². The van der Waals surface area contributed by atoms with Crippen molar-refractivity contribution in [3.8, 4) is 23.0 Å². The molecule has 0 heterocycles. The summed E-state index contributed by atoms with van der Waals surface area (Å²) in [6, 6.07) is 8.42. The van der Waals surface area contributed by atoms with Crippen molar-refractivity contribution >= 4 is 17.4 Å². The van der Waals surface area contributed by atoms with Gasteiger partial charge in [0.25, 0.3) is 0 Å². The minimum absolute atomic E-state index is 0.121. The Balaban J connectivity index is 2.32. The minimum Gasteiger partial charge on any atom is -0.495 e. The van der Waals surface area contributed by atoms with Crippen molar-refractivity contribution in [2.45, 2.75) is 19.8 Å². The predicted molar refractivity (Wildman–Crippen MR) is 106 cm³/mol. The lowest BCUT2D eigenvalue weighted by Crippen LogP contribution is -2.12. The van der Waals surface area contributed by atoms with Crippen molar-refractivity contribution in [1.82, 2.24) is 0 Å². The number of ether oxygens (including phenoxy) is 4. The van der Waals surface area contributed by atoms with Crippen LogP contribution in [0.3, 0.4) is 0 Å². The van der Waals surface area contributed by atoms with Crippen LogP contribution in [0.2, 0.25) is 0 Å². The fourth-order valence-corrected chi connectivity index (χ4v) is 2.74. The zero-order valence-electron chi connectivity index (χ0n) is 16.8. The number of Topliss-reactive ketones (excluding diaryl/α,β-unsaturated/α-hetero) is 1. The monoisotopic (exact) mass is 387 g/mol. The fourth-order valence-electron chi connectivity index (χ4n) is 2.74.